The lowest BCUT2D eigenvalue weighted by Crippen LogP contribution is -2.49. The van der Waals surface area contributed by atoms with E-state index in [1.54, 1.807) is 18.4 Å². The Bertz CT molecular complexity index is 904. The minimum atomic E-state index is -0.256. The standard InChI is InChI=1S/C20H21N3O2S2/c1-12-17(19(24)21-15-5-3-4-6-16(15)25-2)18(13-9-10-27-11-13)22-20(26)23(12)14-7-8-14/h3-6,9-11,14,18H,7-8H2,1-2H3,(H,21,24)(H,22,26)/t18-/m1/s1. The Balaban J connectivity index is 1.72. The topological polar surface area (TPSA) is 53.6 Å². The first-order valence-electron chi connectivity index (χ1n) is 8.87. The SMILES string of the molecule is COc1ccccc1NC(=O)C1=C(C)N(C2CC2)C(=S)N[C@@H]1c1ccsc1. The van der Waals surface area contributed by atoms with Gasteiger partial charge in [-0.15, -0.1) is 0 Å². The molecule has 1 aliphatic heterocycles. The molecule has 1 aliphatic carbocycles. The summed E-state index contributed by atoms with van der Waals surface area (Å²) >= 11 is 7.22. The molecule has 5 nitrogen and oxygen atoms in total. The number of rotatable bonds is 5. The van der Waals surface area contributed by atoms with Crippen molar-refractivity contribution in [1.82, 2.24) is 10.2 Å². The number of benzene rings is 1. The van der Waals surface area contributed by atoms with Crippen molar-refractivity contribution >= 4 is 40.3 Å². The second-order valence-electron chi connectivity index (χ2n) is 6.69. The molecule has 1 atom stereocenters. The molecule has 2 N–H and O–H groups in total. The number of nitrogens with one attached hydrogen (secondary N) is 2. The summed E-state index contributed by atoms with van der Waals surface area (Å²) in [6.45, 7) is 1.99. The largest absolute Gasteiger partial charge is 0.495 e. The van der Waals surface area contributed by atoms with Gasteiger partial charge in [0.2, 0.25) is 0 Å². The van der Waals surface area contributed by atoms with Crippen molar-refractivity contribution in [3.63, 3.8) is 0 Å². The van der Waals surface area contributed by atoms with Crippen LogP contribution in [0.4, 0.5) is 5.69 Å². The summed E-state index contributed by atoms with van der Waals surface area (Å²) in [5.74, 6) is 0.489. The fourth-order valence-electron chi connectivity index (χ4n) is 3.45. The van der Waals surface area contributed by atoms with Gasteiger partial charge in [0.25, 0.3) is 5.91 Å². The third kappa shape index (κ3) is 3.44. The molecule has 2 heterocycles. The summed E-state index contributed by atoms with van der Waals surface area (Å²) < 4.78 is 5.37. The molecule has 0 unspecified atom stereocenters. The van der Waals surface area contributed by atoms with Crippen molar-refractivity contribution in [3.8, 4) is 5.75 Å². The summed E-state index contributed by atoms with van der Waals surface area (Å²) in [4.78, 5) is 15.4. The summed E-state index contributed by atoms with van der Waals surface area (Å²) in [5.41, 5.74) is 3.31. The molecule has 2 aliphatic rings. The minimum absolute atomic E-state index is 0.145. The highest BCUT2D eigenvalue weighted by Gasteiger charge is 2.40. The number of nitrogens with zero attached hydrogens (tertiary/aromatic N) is 1. The number of carbonyl (C=O) groups excluding carboxylic acids is 1. The van der Waals surface area contributed by atoms with E-state index in [0.29, 0.717) is 28.2 Å². The zero-order valence-electron chi connectivity index (χ0n) is 15.2. The van der Waals surface area contributed by atoms with E-state index in [1.165, 1.54) is 0 Å². The Labute approximate surface area is 168 Å². The van der Waals surface area contributed by atoms with Crippen LogP contribution in [0.15, 0.2) is 52.4 Å². The second-order valence-corrected chi connectivity index (χ2v) is 7.86. The van der Waals surface area contributed by atoms with Crippen LogP contribution < -0.4 is 15.4 Å². The summed E-state index contributed by atoms with van der Waals surface area (Å²) in [7, 11) is 1.60. The Hall–Kier alpha value is -2.38. The number of para-hydroxylation sites is 2. The van der Waals surface area contributed by atoms with Crippen LogP contribution in [0.2, 0.25) is 0 Å². The molecule has 1 saturated carbocycles. The number of allylic oxidation sites excluding steroid dienone is 1. The van der Waals surface area contributed by atoms with Crippen molar-refractivity contribution in [2.24, 2.45) is 0 Å². The normalized spacial score (nSPS) is 19.7. The highest BCUT2D eigenvalue weighted by Crippen LogP contribution is 2.38. The van der Waals surface area contributed by atoms with Crippen LogP contribution >= 0.6 is 23.6 Å². The number of thiophene rings is 1. The van der Waals surface area contributed by atoms with Crippen LogP contribution in [0.1, 0.15) is 31.4 Å². The highest BCUT2D eigenvalue weighted by molar-refractivity contribution is 7.80. The van der Waals surface area contributed by atoms with Gasteiger partial charge in [0, 0.05) is 11.7 Å². The maximum absolute atomic E-state index is 13.3. The van der Waals surface area contributed by atoms with Crippen LogP contribution in [0.3, 0.4) is 0 Å². The molecule has 4 rings (SSSR count). The molecular weight excluding hydrogens is 378 g/mol. The highest BCUT2D eigenvalue weighted by atomic mass is 32.1. The van der Waals surface area contributed by atoms with Gasteiger partial charge in [-0.3, -0.25) is 4.79 Å². The zero-order valence-corrected chi connectivity index (χ0v) is 16.8. The summed E-state index contributed by atoms with van der Waals surface area (Å²) in [6, 6.07) is 9.59. The van der Waals surface area contributed by atoms with Crippen molar-refractivity contribution in [3.05, 3.63) is 57.9 Å². The van der Waals surface area contributed by atoms with Crippen LogP contribution in [0.25, 0.3) is 0 Å². The summed E-state index contributed by atoms with van der Waals surface area (Å²) in [5, 5.41) is 11.2. The van der Waals surface area contributed by atoms with E-state index in [0.717, 1.165) is 24.1 Å². The maximum Gasteiger partial charge on any atom is 0.255 e. The molecule has 0 saturated heterocycles. The lowest BCUT2D eigenvalue weighted by Gasteiger charge is -2.37. The predicted octanol–water partition coefficient (Wildman–Crippen LogP) is 4.06. The number of anilines is 1. The van der Waals surface area contributed by atoms with E-state index in [1.807, 2.05) is 42.6 Å². The molecule has 2 aromatic rings. The van der Waals surface area contributed by atoms with E-state index in [4.69, 9.17) is 17.0 Å². The zero-order chi connectivity index (χ0) is 19.0. The monoisotopic (exact) mass is 399 g/mol. The van der Waals surface area contributed by atoms with Gasteiger partial charge in [0.1, 0.15) is 5.75 Å². The summed E-state index contributed by atoms with van der Waals surface area (Å²) in [6.07, 6.45) is 2.20. The average Bonchev–Trinajstić information content (AvgIpc) is 3.33. The number of amides is 1. The molecule has 27 heavy (non-hydrogen) atoms. The number of thiocarbonyl (C=S) groups is 1. The Morgan fingerprint density at radius 2 is 2.11 bits per heavy atom. The molecule has 140 valence electrons. The third-order valence-electron chi connectivity index (χ3n) is 4.91. The number of carbonyl (C=O) groups is 1. The van der Waals surface area contributed by atoms with Gasteiger partial charge in [-0.2, -0.15) is 11.3 Å². The van der Waals surface area contributed by atoms with E-state index >= 15 is 0 Å². The maximum atomic E-state index is 13.3. The van der Waals surface area contributed by atoms with E-state index in [9.17, 15) is 4.79 Å². The second kappa shape index (κ2) is 7.32. The molecule has 0 radical (unpaired) electrons. The van der Waals surface area contributed by atoms with Gasteiger partial charge >= 0.3 is 0 Å². The lowest BCUT2D eigenvalue weighted by molar-refractivity contribution is -0.113. The molecule has 1 aromatic heterocycles. The minimum Gasteiger partial charge on any atom is -0.495 e. The molecular formula is C20H21N3O2S2. The Morgan fingerprint density at radius 3 is 2.78 bits per heavy atom. The van der Waals surface area contributed by atoms with Gasteiger partial charge < -0.3 is 20.3 Å². The number of methoxy groups -OCH3 is 1. The van der Waals surface area contributed by atoms with Gasteiger partial charge in [-0.1, -0.05) is 12.1 Å². The molecule has 0 spiro atoms. The van der Waals surface area contributed by atoms with Crippen LogP contribution in [-0.2, 0) is 4.79 Å². The van der Waals surface area contributed by atoms with Gasteiger partial charge in [0.05, 0.1) is 24.4 Å². The predicted molar refractivity (Wildman–Crippen MR) is 112 cm³/mol. The van der Waals surface area contributed by atoms with Crippen molar-refractivity contribution in [2.75, 3.05) is 12.4 Å². The molecule has 0 bridgehead atoms. The Morgan fingerprint density at radius 1 is 1.33 bits per heavy atom. The van der Waals surface area contributed by atoms with Crippen LogP contribution in [0.5, 0.6) is 5.75 Å². The van der Waals surface area contributed by atoms with Crippen molar-refractivity contribution in [2.45, 2.75) is 31.8 Å². The first kappa shape index (κ1) is 18.0. The van der Waals surface area contributed by atoms with Crippen molar-refractivity contribution < 1.29 is 9.53 Å². The molecule has 1 fully saturated rings. The number of hydrogen-bond donors (Lipinski definition) is 2. The van der Waals surface area contributed by atoms with E-state index in [2.05, 4.69) is 20.9 Å². The molecule has 1 aromatic carbocycles. The quantitative estimate of drug-likeness (QED) is 0.743. The first-order chi connectivity index (χ1) is 13.1. The Kier molecular flexibility index (Phi) is 4.88. The molecule has 1 amide bonds. The van der Waals surface area contributed by atoms with E-state index in [-0.39, 0.29) is 11.9 Å². The van der Waals surface area contributed by atoms with Crippen molar-refractivity contribution in [1.29, 1.82) is 0 Å². The number of ether oxygens (including phenoxy) is 1. The first-order valence-corrected chi connectivity index (χ1v) is 10.2. The fraction of sp³-hybridized carbons (Fsp3) is 0.300. The van der Waals surface area contributed by atoms with E-state index < -0.39 is 0 Å². The van der Waals surface area contributed by atoms with Gasteiger partial charge in [-0.25, -0.2) is 0 Å². The third-order valence-corrected chi connectivity index (χ3v) is 5.93. The fourth-order valence-corrected chi connectivity index (χ4v) is 4.54. The van der Waals surface area contributed by atoms with Crippen LogP contribution in [-0.4, -0.2) is 29.1 Å². The van der Waals surface area contributed by atoms with Gasteiger partial charge in [0.15, 0.2) is 5.11 Å². The lowest BCUT2D eigenvalue weighted by atomic mass is 9.96. The molecule has 7 heteroatoms. The number of hydrogen-bond acceptors (Lipinski definition) is 4. The average molecular weight is 400 g/mol. The van der Waals surface area contributed by atoms with Crippen LogP contribution in [0, 0.1) is 0 Å². The smallest absolute Gasteiger partial charge is 0.255 e. The van der Waals surface area contributed by atoms with Gasteiger partial charge in [-0.05, 0) is 66.5 Å².